The van der Waals surface area contributed by atoms with Crippen molar-refractivity contribution in [2.75, 3.05) is 20.2 Å². The predicted octanol–water partition coefficient (Wildman–Crippen LogP) is 2.75. The predicted molar refractivity (Wildman–Crippen MR) is 68.1 cm³/mol. The SMILES string of the molecule is CNCCOc1ccc2cc(C)ccc2c1. The molecule has 16 heavy (non-hydrogen) atoms. The van der Waals surface area contributed by atoms with Gasteiger partial charge in [-0.3, -0.25) is 0 Å². The first-order valence-electron chi connectivity index (χ1n) is 5.57. The molecule has 0 atom stereocenters. The standard InChI is InChI=1S/C14H17NO/c1-11-3-4-13-10-14(16-8-7-15-2)6-5-12(13)9-11/h3-6,9-10,15H,7-8H2,1-2H3. The van der Waals surface area contributed by atoms with Gasteiger partial charge in [-0.25, -0.2) is 0 Å². The lowest BCUT2D eigenvalue weighted by Crippen LogP contribution is -2.15. The summed E-state index contributed by atoms with van der Waals surface area (Å²) in [4.78, 5) is 0. The lowest BCUT2D eigenvalue weighted by molar-refractivity contribution is 0.319. The molecule has 0 unspecified atom stereocenters. The Morgan fingerprint density at radius 2 is 1.81 bits per heavy atom. The van der Waals surface area contributed by atoms with Gasteiger partial charge in [0.1, 0.15) is 12.4 Å². The van der Waals surface area contributed by atoms with Gasteiger partial charge in [-0.2, -0.15) is 0 Å². The second kappa shape index (κ2) is 4.99. The van der Waals surface area contributed by atoms with Crippen LogP contribution in [0.25, 0.3) is 10.8 Å². The van der Waals surface area contributed by atoms with Gasteiger partial charge in [0.15, 0.2) is 0 Å². The molecule has 0 amide bonds. The van der Waals surface area contributed by atoms with E-state index in [0.29, 0.717) is 6.61 Å². The first kappa shape index (κ1) is 11.0. The maximum absolute atomic E-state index is 5.62. The fourth-order valence-corrected chi connectivity index (χ4v) is 1.70. The number of ether oxygens (including phenoxy) is 1. The average Bonchev–Trinajstić information content (AvgIpc) is 2.29. The molecule has 2 aromatic carbocycles. The molecule has 1 N–H and O–H groups in total. The Bertz CT molecular complexity index is 479. The van der Waals surface area contributed by atoms with E-state index in [0.717, 1.165) is 12.3 Å². The van der Waals surface area contributed by atoms with E-state index in [1.54, 1.807) is 0 Å². The highest BCUT2D eigenvalue weighted by Crippen LogP contribution is 2.21. The van der Waals surface area contributed by atoms with Crippen LogP contribution in [0.5, 0.6) is 5.75 Å². The molecule has 0 heterocycles. The van der Waals surface area contributed by atoms with Crippen LogP contribution >= 0.6 is 0 Å². The molecule has 84 valence electrons. The van der Waals surface area contributed by atoms with Crippen LogP contribution in [-0.4, -0.2) is 20.2 Å². The van der Waals surface area contributed by atoms with Crippen LogP contribution in [0, 0.1) is 6.92 Å². The van der Waals surface area contributed by atoms with E-state index < -0.39 is 0 Å². The third kappa shape index (κ3) is 2.52. The first-order chi connectivity index (χ1) is 7.79. The van der Waals surface area contributed by atoms with E-state index in [2.05, 4.69) is 42.6 Å². The molecule has 0 saturated heterocycles. The fourth-order valence-electron chi connectivity index (χ4n) is 1.70. The Morgan fingerprint density at radius 1 is 1.06 bits per heavy atom. The zero-order chi connectivity index (χ0) is 11.4. The van der Waals surface area contributed by atoms with Crippen LogP contribution in [-0.2, 0) is 0 Å². The Balaban J connectivity index is 2.20. The third-order valence-corrected chi connectivity index (χ3v) is 2.59. The molecular weight excluding hydrogens is 198 g/mol. The Hall–Kier alpha value is -1.54. The highest BCUT2D eigenvalue weighted by Gasteiger charge is 1.97. The monoisotopic (exact) mass is 215 g/mol. The molecule has 0 fully saturated rings. The number of aryl methyl sites for hydroxylation is 1. The molecule has 2 rings (SSSR count). The first-order valence-corrected chi connectivity index (χ1v) is 5.57. The van der Waals surface area contributed by atoms with E-state index in [1.165, 1.54) is 16.3 Å². The number of hydrogen-bond acceptors (Lipinski definition) is 2. The Labute approximate surface area is 96.2 Å². The van der Waals surface area contributed by atoms with Gasteiger partial charge in [0, 0.05) is 6.54 Å². The average molecular weight is 215 g/mol. The van der Waals surface area contributed by atoms with Crippen LogP contribution in [0.4, 0.5) is 0 Å². The molecular formula is C14H17NO. The minimum absolute atomic E-state index is 0.702. The highest BCUT2D eigenvalue weighted by molar-refractivity contribution is 5.84. The number of likely N-dealkylation sites (N-methyl/N-ethyl adjacent to an activating group) is 1. The maximum Gasteiger partial charge on any atom is 0.120 e. The molecule has 0 spiro atoms. The van der Waals surface area contributed by atoms with Crippen molar-refractivity contribution in [2.24, 2.45) is 0 Å². The minimum Gasteiger partial charge on any atom is -0.492 e. The van der Waals surface area contributed by atoms with Gasteiger partial charge in [0.2, 0.25) is 0 Å². The lowest BCUT2D eigenvalue weighted by atomic mass is 10.1. The quantitative estimate of drug-likeness (QED) is 0.792. The van der Waals surface area contributed by atoms with Crippen molar-refractivity contribution in [3.63, 3.8) is 0 Å². The molecule has 0 bridgehead atoms. The number of rotatable bonds is 4. The number of fused-ring (bicyclic) bond motifs is 1. The number of hydrogen-bond donors (Lipinski definition) is 1. The lowest BCUT2D eigenvalue weighted by Gasteiger charge is -2.07. The third-order valence-electron chi connectivity index (χ3n) is 2.59. The number of nitrogens with one attached hydrogen (secondary N) is 1. The summed E-state index contributed by atoms with van der Waals surface area (Å²) in [5.74, 6) is 0.937. The van der Waals surface area contributed by atoms with Crippen molar-refractivity contribution in [3.8, 4) is 5.75 Å². The van der Waals surface area contributed by atoms with Gasteiger partial charge in [-0.15, -0.1) is 0 Å². The summed E-state index contributed by atoms with van der Waals surface area (Å²) in [6.07, 6.45) is 0. The summed E-state index contributed by atoms with van der Waals surface area (Å²) in [7, 11) is 1.92. The zero-order valence-electron chi connectivity index (χ0n) is 9.79. The molecule has 2 nitrogen and oxygen atoms in total. The van der Waals surface area contributed by atoms with Gasteiger partial charge in [-0.05, 0) is 36.9 Å². The van der Waals surface area contributed by atoms with Crippen molar-refractivity contribution in [1.29, 1.82) is 0 Å². The molecule has 0 aliphatic carbocycles. The van der Waals surface area contributed by atoms with Gasteiger partial charge in [0.25, 0.3) is 0 Å². The molecule has 0 aromatic heterocycles. The van der Waals surface area contributed by atoms with Crippen LogP contribution in [0.1, 0.15) is 5.56 Å². The smallest absolute Gasteiger partial charge is 0.120 e. The van der Waals surface area contributed by atoms with Crippen molar-refractivity contribution in [3.05, 3.63) is 42.0 Å². The molecule has 2 aromatic rings. The van der Waals surface area contributed by atoms with Crippen LogP contribution in [0.2, 0.25) is 0 Å². The second-order valence-electron chi connectivity index (χ2n) is 3.96. The van der Waals surface area contributed by atoms with Crippen molar-refractivity contribution < 1.29 is 4.74 Å². The van der Waals surface area contributed by atoms with E-state index >= 15 is 0 Å². The van der Waals surface area contributed by atoms with Crippen LogP contribution < -0.4 is 10.1 Å². The van der Waals surface area contributed by atoms with Crippen molar-refractivity contribution in [2.45, 2.75) is 6.92 Å². The normalized spacial score (nSPS) is 10.6. The summed E-state index contributed by atoms with van der Waals surface area (Å²) in [5, 5.41) is 5.55. The summed E-state index contributed by atoms with van der Waals surface area (Å²) >= 11 is 0. The molecule has 0 saturated carbocycles. The van der Waals surface area contributed by atoms with E-state index in [-0.39, 0.29) is 0 Å². The van der Waals surface area contributed by atoms with Crippen LogP contribution in [0.15, 0.2) is 36.4 Å². The van der Waals surface area contributed by atoms with E-state index in [4.69, 9.17) is 4.74 Å². The summed E-state index contributed by atoms with van der Waals surface area (Å²) in [5.41, 5.74) is 1.29. The van der Waals surface area contributed by atoms with Crippen molar-refractivity contribution in [1.82, 2.24) is 5.32 Å². The van der Waals surface area contributed by atoms with Gasteiger partial charge >= 0.3 is 0 Å². The Morgan fingerprint density at radius 3 is 2.62 bits per heavy atom. The zero-order valence-corrected chi connectivity index (χ0v) is 9.79. The fraction of sp³-hybridized carbons (Fsp3) is 0.286. The molecule has 0 aliphatic heterocycles. The molecule has 0 aliphatic rings. The minimum atomic E-state index is 0.702. The summed E-state index contributed by atoms with van der Waals surface area (Å²) < 4.78 is 5.62. The largest absolute Gasteiger partial charge is 0.492 e. The maximum atomic E-state index is 5.62. The van der Waals surface area contributed by atoms with Gasteiger partial charge < -0.3 is 10.1 Å². The van der Waals surface area contributed by atoms with Gasteiger partial charge in [0.05, 0.1) is 0 Å². The van der Waals surface area contributed by atoms with Crippen molar-refractivity contribution >= 4 is 10.8 Å². The van der Waals surface area contributed by atoms with Crippen LogP contribution in [0.3, 0.4) is 0 Å². The summed E-state index contributed by atoms with van der Waals surface area (Å²) in [6.45, 7) is 3.68. The molecule has 2 heteroatoms. The molecule has 0 radical (unpaired) electrons. The second-order valence-corrected chi connectivity index (χ2v) is 3.96. The van der Waals surface area contributed by atoms with Gasteiger partial charge in [-0.1, -0.05) is 29.8 Å². The summed E-state index contributed by atoms with van der Waals surface area (Å²) in [6, 6.07) is 12.7. The van der Waals surface area contributed by atoms with E-state index in [9.17, 15) is 0 Å². The van der Waals surface area contributed by atoms with E-state index in [1.807, 2.05) is 13.1 Å². The topological polar surface area (TPSA) is 21.3 Å². The Kier molecular flexibility index (Phi) is 3.42. The highest BCUT2D eigenvalue weighted by atomic mass is 16.5. The number of benzene rings is 2.